The van der Waals surface area contributed by atoms with Crippen molar-refractivity contribution in [3.8, 4) is 0 Å². The first-order valence-corrected chi connectivity index (χ1v) is 6.87. The second-order valence-electron chi connectivity index (χ2n) is 4.64. The molecule has 2 nitrogen and oxygen atoms in total. The Balaban J connectivity index is 2.09. The summed E-state index contributed by atoms with van der Waals surface area (Å²) in [5.74, 6) is 0. The smallest absolute Gasteiger partial charge is 0.0452 e. The maximum atomic E-state index is 6.22. The van der Waals surface area contributed by atoms with E-state index in [0.29, 0.717) is 0 Å². The van der Waals surface area contributed by atoms with Gasteiger partial charge in [-0.15, -0.1) is 0 Å². The number of hydrogen-bond acceptors (Lipinski definition) is 2. The van der Waals surface area contributed by atoms with Crippen molar-refractivity contribution in [2.75, 3.05) is 12.3 Å². The van der Waals surface area contributed by atoms with Crippen LogP contribution in [0.2, 0.25) is 5.02 Å². The van der Waals surface area contributed by atoms with E-state index in [-0.39, 0.29) is 0 Å². The highest BCUT2D eigenvalue weighted by molar-refractivity contribution is 6.31. The van der Waals surface area contributed by atoms with Gasteiger partial charge in [0.2, 0.25) is 0 Å². The summed E-state index contributed by atoms with van der Waals surface area (Å²) in [6.45, 7) is 4.86. The number of benzene rings is 2. The fourth-order valence-corrected chi connectivity index (χ4v) is 2.26. The highest BCUT2D eigenvalue weighted by Gasteiger charge is 2.08. The molecule has 3 heteroatoms. The molecule has 2 rings (SSSR count). The minimum absolute atomic E-state index is 0.759. The van der Waals surface area contributed by atoms with E-state index in [0.717, 1.165) is 35.9 Å². The molecule has 0 amide bonds. The zero-order valence-corrected chi connectivity index (χ0v) is 11.9. The van der Waals surface area contributed by atoms with Crippen molar-refractivity contribution < 1.29 is 0 Å². The second kappa shape index (κ2) is 6.60. The lowest BCUT2D eigenvalue weighted by molar-refractivity contribution is 0.271. The van der Waals surface area contributed by atoms with Crippen molar-refractivity contribution in [1.29, 1.82) is 0 Å². The van der Waals surface area contributed by atoms with E-state index >= 15 is 0 Å². The van der Waals surface area contributed by atoms with Crippen LogP contribution in [0.3, 0.4) is 0 Å². The van der Waals surface area contributed by atoms with Gasteiger partial charge < -0.3 is 5.73 Å². The third-order valence-electron chi connectivity index (χ3n) is 3.16. The fourth-order valence-electron chi connectivity index (χ4n) is 2.08. The van der Waals surface area contributed by atoms with E-state index in [9.17, 15) is 0 Å². The van der Waals surface area contributed by atoms with E-state index in [2.05, 4.69) is 36.1 Å². The van der Waals surface area contributed by atoms with E-state index in [1.165, 1.54) is 5.56 Å². The van der Waals surface area contributed by atoms with Gasteiger partial charge in [-0.25, -0.2) is 0 Å². The van der Waals surface area contributed by atoms with Crippen LogP contribution >= 0.6 is 11.6 Å². The molecule has 2 N–H and O–H groups in total. The second-order valence-corrected chi connectivity index (χ2v) is 5.05. The van der Waals surface area contributed by atoms with Crippen LogP contribution in [0.4, 0.5) is 5.69 Å². The summed E-state index contributed by atoms with van der Waals surface area (Å²) in [5.41, 5.74) is 8.97. The third-order valence-corrected chi connectivity index (χ3v) is 3.53. The molecule has 0 aliphatic rings. The van der Waals surface area contributed by atoms with Crippen LogP contribution in [-0.2, 0) is 13.1 Å². The molecule has 0 spiro atoms. The van der Waals surface area contributed by atoms with Gasteiger partial charge in [-0.2, -0.15) is 0 Å². The molecule has 0 aliphatic carbocycles. The lowest BCUT2D eigenvalue weighted by Crippen LogP contribution is -2.22. The van der Waals surface area contributed by atoms with E-state index in [1.54, 1.807) is 0 Å². The number of anilines is 1. The van der Waals surface area contributed by atoms with Crippen LogP contribution in [0, 0.1) is 0 Å². The standard InChI is InChI=1S/C16H19ClN2/c1-2-19(11-13-6-4-3-5-7-13)12-14-10-15(18)8-9-16(14)17/h3-10H,2,11-12,18H2,1H3. The Morgan fingerprint density at radius 2 is 1.79 bits per heavy atom. The van der Waals surface area contributed by atoms with Crippen LogP contribution in [0.25, 0.3) is 0 Å². The molecule has 0 radical (unpaired) electrons. The predicted octanol–water partition coefficient (Wildman–Crippen LogP) is 3.94. The quantitative estimate of drug-likeness (QED) is 0.837. The SMILES string of the molecule is CCN(Cc1ccccc1)Cc1cc(N)ccc1Cl. The Kier molecular flexibility index (Phi) is 4.83. The van der Waals surface area contributed by atoms with Crippen LogP contribution < -0.4 is 5.73 Å². The molecule has 100 valence electrons. The summed E-state index contributed by atoms with van der Waals surface area (Å²) in [6, 6.07) is 16.1. The average Bonchev–Trinajstić information content (AvgIpc) is 2.43. The monoisotopic (exact) mass is 274 g/mol. The average molecular weight is 275 g/mol. The highest BCUT2D eigenvalue weighted by Crippen LogP contribution is 2.21. The van der Waals surface area contributed by atoms with Gasteiger partial charge in [0.25, 0.3) is 0 Å². The predicted molar refractivity (Wildman–Crippen MR) is 82.1 cm³/mol. The number of halogens is 1. The Labute approximate surface area is 119 Å². The van der Waals surface area contributed by atoms with Crippen LogP contribution in [0.15, 0.2) is 48.5 Å². The number of nitrogen functional groups attached to an aromatic ring is 1. The van der Waals surface area contributed by atoms with Crippen LogP contribution in [0.1, 0.15) is 18.1 Å². The molecule has 0 fully saturated rings. The van der Waals surface area contributed by atoms with Crippen molar-refractivity contribution in [3.05, 3.63) is 64.7 Å². The molecule has 0 saturated carbocycles. The number of rotatable bonds is 5. The molecule has 0 aromatic heterocycles. The lowest BCUT2D eigenvalue weighted by atomic mass is 10.1. The molecule has 0 aliphatic heterocycles. The molecule has 0 saturated heterocycles. The van der Waals surface area contributed by atoms with Crippen molar-refractivity contribution >= 4 is 17.3 Å². The third kappa shape index (κ3) is 3.98. The van der Waals surface area contributed by atoms with Gasteiger partial charge in [-0.3, -0.25) is 4.90 Å². The summed E-state index contributed by atoms with van der Waals surface area (Å²) in [5, 5.41) is 0.778. The van der Waals surface area contributed by atoms with Gasteiger partial charge in [0.1, 0.15) is 0 Å². The number of nitrogens with two attached hydrogens (primary N) is 1. The van der Waals surface area contributed by atoms with E-state index in [4.69, 9.17) is 17.3 Å². The van der Waals surface area contributed by atoms with Crippen molar-refractivity contribution in [3.63, 3.8) is 0 Å². The molecule has 19 heavy (non-hydrogen) atoms. The van der Waals surface area contributed by atoms with Crippen LogP contribution in [-0.4, -0.2) is 11.4 Å². The first-order chi connectivity index (χ1) is 9.19. The van der Waals surface area contributed by atoms with E-state index in [1.807, 2.05) is 24.3 Å². The minimum atomic E-state index is 0.759. The van der Waals surface area contributed by atoms with Crippen molar-refractivity contribution in [2.24, 2.45) is 0 Å². The van der Waals surface area contributed by atoms with Gasteiger partial charge in [-0.05, 0) is 35.9 Å². The summed E-state index contributed by atoms with van der Waals surface area (Å²) in [4.78, 5) is 2.34. The first-order valence-electron chi connectivity index (χ1n) is 6.49. The molecule has 0 bridgehead atoms. The normalized spacial score (nSPS) is 10.9. The van der Waals surface area contributed by atoms with Crippen molar-refractivity contribution in [1.82, 2.24) is 4.90 Å². The van der Waals surface area contributed by atoms with E-state index < -0.39 is 0 Å². The summed E-state index contributed by atoms with van der Waals surface area (Å²) < 4.78 is 0. The maximum Gasteiger partial charge on any atom is 0.0452 e. The summed E-state index contributed by atoms with van der Waals surface area (Å²) in [7, 11) is 0. The number of hydrogen-bond donors (Lipinski definition) is 1. The molecular weight excluding hydrogens is 256 g/mol. The summed E-state index contributed by atoms with van der Waals surface area (Å²) >= 11 is 6.22. The Bertz CT molecular complexity index is 526. The van der Waals surface area contributed by atoms with Gasteiger partial charge >= 0.3 is 0 Å². The maximum absolute atomic E-state index is 6.22. The molecule has 0 heterocycles. The largest absolute Gasteiger partial charge is 0.399 e. The molecule has 2 aromatic carbocycles. The fraction of sp³-hybridized carbons (Fsp3) is 0.250. The zero-order valence-electron chi connectivity index (χ0n) is 11.1. The zero-order chi connectivity index (χ0) is 13.7. The Morgan fingerprint density at radius 1 is 1.05 bits per heavy atom. The van der Waals surface area contributed by atoms with Gasteiger partial charge in [0, 0.05) is 23.8 Å². The number of nitrogens with zero attached hydrogens (tertiary/aromatic N) is 1. The first kappa shape index (κ1) is 13.9. The summed E-state index contributed by atoms with van der Waals surface area (Å²) in [6.07, 6.45) is 0. The van der Waals surface area contributed by atoms with Gasteiger partial charge in [-0.1, -0.05) is 48.9 Å². The lowest BCUT2D eigenvalue weighted by Gasteiger charge is -2.21. The molecule has 0 atom stereocenters. The topological polar surface area (TPSA) is 29.3 Å². The minimum Gasteiger partial charge on any atom is -0.399 e. The molecule has 2 aromatic rings. The molecular formula is C16H19ClN2. The van der Waals surface area contributed by atoms with Gasteiger partial charge in [0.15, 0.2) is 0 Å². The Hall–Kier alpha value is -1.51. The van der Waals surface area contributed by atoms with Crippen molar-refractivity contribution in [2.45, 2.75) is 20.0 Å². The van der Waals surface area contributed by atoms with Crippen LogP contribution in [0.5, 0.6) is 0 Å². The Morgan fingerprint density at radius 3 is 2.47 bits per heavy atom. The molecule has 0 unspecified atom stereocenters. The highest BCUT2D eigenvalue weighted by atomic mass is 35.5. The van der Waals surface area contributed by atoms with Gasteiger partial charge in [0.05, 0.1) is 0 Å².